The monoisotopic (exact) mass is 554 g/mol. The van der Waals surface area contributed by atoms with E-state index in [1.165, 1.54) is 6.26 Å². The molecule has 2 heterocycles. The largest absolute Gasteiger partial charge is 0.455 e. The molecule has 0 saturated heterocycles. The van der Waals surface area contributed by atoms with Crippen LogP contribution in [0.3, 0.4) is 0 Å². The summed E-state index contributed by atoms with van der Waals surface area (Å²) < 4.78 is 34.1. The predicted octanol–water partition coefficient (Wildman–Crippen LogP) is 7.92. The summed E-state index contributed by atoms with van der Waals surface area (Å²) in [4.78, 5) is 7.82. The predicted molar refractivity (Wildman–Crippen MR) is 163 cm³/mol. The number of aromatic nitrogens is 2. The van der Waals surface area contributed by atoms with Crippen molar-refractivity contribution in [3.63, 3.8) is 0 Å². The number of nitrogens with one attached hydrogen (secondary N) is 2. The van der Waals surface area contributed by atoms with Crippen LogP contribution in [0.1, 0.15) is 44.6 Å². The van der Waals surface area contributed by atoms with Crippen LogP contribution in [0.15, 0.2) is 83.5 Å². The Morgan fingerprint density at radius 2 is 1.77 bits per heavy atom. The summed E-state index contributed by atoms with van der Waals surface area (Å²) >= 11 is 0. The molecule has 2 N–H and O–H groups in total. The summed E-state index contributed by atoms with van der Waals surface area (Å²) in [5.74, 6) is 2.14. The highest BCUT2D eigenvalue weighted by Gasteiger charge is 2.32. The number of nitrogens with zero attached hydrogens (tertiary/aromatic N) is 2. The summed E-state index contributed by atoms with van der Waals surface area (Å²) in [7, 11) is -3.47. The minimum absolute atomic E-state index is 0.342. The van der Waals surface area contributed by atoms with Crippen molar-refractivity contribution in [3.05, 3.63) is 84.7 Å². The van der Waals surface area contributed by atoms with Crippen molar-refractivity contribution in [2.45, 2.75) is 39.0 Å². The highest BCUT2D eigenvalue weighted by Crippen LogP contribution is 2.49. The minimum Gasteiger partial charge on any atom is -0.455 e. The van der Waals surface area contributed by atoms with Gasteiger partial charge in [-0.2, -0.15) is 0 Å². The molecule has 0 spiro atoms. The topological polar surface area (TPSA) is 91.2 Å². The zero-order valence-electron chi connectivity index (χ0n) is 23.0. The van der Waals surface area contributed by atoms with Gasteiger partial charge in [0.25, 0.3) is 0 Å². The summed E-state index contributed by atoms with van der Waals surface area (Å²) in [5.41, 5.74) is 6.21. The fourth-order valence-corrected chi connectivity index (χ4v) is 6.11. The standard InChI is InChI=1S/C32H34N4O3S/c1-21(2)15-18-36(40(3,37)38)28-20-29-27(19-26(28)22-9-10-22)30(32-33-16-17-34-32)31(39-29)23-11-13-25(14-12-23)35-24-7-5-4-6-8-24/h4-8,11-14,16-17,19-22,35H,9-10,15,18H2,1-3H3,(H,33,34). The van der Waals surface area contributed by atoms with Gasteiger partial charge < -0.3 is 14.7 Å². The molecule has 6 rings (SSSR count). The van der Waals surface area contributed by atoms with Crippen LogP contribution in [-0.2, 0) is 10.0 Å². The molecule has 8 heteroatoms. The lowest BCUT2D eigenvalue weighted by molar-refractivity contribution is 0.572. The molecule has 0 aliphatic heterocycles. The van der Waals surface area contributed by atoms with Crippen LogP contribution in [0.2, 0.25) is 0 Å². The maximum Gasteiger partial charge on any atom is 0.232 e. The van der Waals surface area contributed by atoms with Gasteiger partial charge in [0.1, 0.15) is 17.2 Å². The smallest absolute Gasteiger partial charge is 0.232 e. The number of anilines is 3. The van der Waals surface area contributed by atoms with Crippen molar-refractivity contribution in [2.24, 2.45) is 5.92 Å². The normalized spacial score (nSPS) is 13.7. The lowest BCUT2D eigenvalue weighted by atomic mass is 10.00. The molecule has 3 aromatic carbocycles. The van der Waals surface area contributed by atoms with E-state index in [0.717, 1.165) is 64.2 Å². The molecule has 206 valence electrons. The number of fused-ring (bicyclic) bond motifs is 1. The maximum absolute atomic E-state index is 13.0. The second-order valence-corrected chi connectivity index (χ2v) is 12.9. The molecule has 1 fully saturated rings. The molecule has 0 atom stereocenters. The number of para-hydroxylation sites is 1. The Kier molecular flexibility index (Phi) is 6.88. The quantitative estimate of drug-likeness (QED) is 0.183. The van der Waals surface area contributed by atoms with Gasteiger partial charge in [-0.15, -0.1) is 0 Å². The Morgan fingerprint density at radius 3 is 2.40 bits per heavy atom. The van der Waals surface area contributed by atoms with Gasteiger partial charge in [-0.1, -0.05) is 32.0 Å². The van der Waals surface area contributed by atoms with E-state index < -0.39 is 10.0 Å². The third-order valence-corrected chi connectivity index (χ3v) is 8.56. The van der Waals surface area contributed by atoms with E-state index in [2.05, 4.69) is 35.2 Å². The van der Waals surface area contributed by atoms with E-state index in [4.69, 9.17) is 4.42 Å². The average molecular weight is 555 g/mol. The van der Waals surface area contributed by atoms with Gasteiger partial charge in [0.15, 0.2) is 0 Å². The fourth-order valence-electron chi connectivity index (χ4n) is 5.16. The summed E-state index contributed by atoms with van der Waals surface area (Å²) in [5, 5.41) is 4.35. The van der Waals surface area contributed by atoms with Gasteiger partial charge in [-0.3, -0.25) is 4.31 Å². The molecule has 7 nitrogen and oxygen atoms in total. The molecule has 40 heavy (non-hydrogen) atoms. The Hall–Kier alpha value is -4.04. The molecular formula is C32H34N4O3S. The maximum atomic E-state index is 13.0. The number of furan rings is 1. The van der Waals surface area contributed by atoms with Gasteiger partial charge in [-0.05, 0) is 79.1 Å². The molecule has 2 aromatic heterocycles. The zero-order valence-corrected chi connectivity index (χ0v) is 23.8. The minimum atomic E-state index is -3.47. The fraction of sp³-hybridized carbons (Fsp3) is 0.281. The van der Waals surface area contributed by atoms with Crippen LogP contribution in [-0.4, -0.2) is 31.2 Å². The van der Waals surface area contributed by atoms with E-state index in [1.807, 2.05) is 60.7 Å². The van der Waals surface area contributed by atoms with E-state index in [9.17, 15) is 8.42 Å². The first-order valence-electron chi connectivity index (χ1n) is 13.8. The first-order chi connectivity index (χ1) is 19.3. The Morgan fingerprint density at radius 1 is 1.05 bits per heavy atom. The molecule has 5 aromatic rings. The van der Waals surface area contributed by atoms with Crippen molar-refractivity contribution < 1.29 is 12.8 Å². The number of sulfonamides is 1. The number of hydrogen-bond acceptors (Lipinski definition) is 5. The third-order valence-electron chi connectivity index (χ3n) is 7.38. The Balaban J connectivity index is 1.48. The average Bonchev–Trinajstić information content (AvgIpc) is 3.49. The third kappa shape index (κ3) is 5.36. The van der Waals surface area contributed by atoms with Crippen LogP contribution >= 0.6 is 0 Å². The number of benzene rings is 3. The van der Waals surface area contributed by atoms with Gasteiger partial charge in [-0.25, -0.2) is 13.4 Å². The van der Waals surface area contributed by atoms with Crippen LogP contribution in [0.5, 0.6) is 0 Å². The second-order valence-electron chi connectivity index (χ2n) is 11.0. The van der Waals surface area contributed by atoms with Crippen LogP contribution < -0.4 is 9.62 Å². The molecule has 0 amide bonds. The molecule has 1 aliphatic carbocycles. The molecule has 0 bridgehead atoms. The molecular weight excluding hydrogens is 520 g/mol. The highest BCUT2D eigenvalue weighted by molar-refractivity contribution is 7.92. The SMILES string of the molecule is CC(C)CCN(c1cc2oc(-c3ccc(Nc4ccccc4)cc3)c(-c3ncc[nH]3)c2cc1C1CC1)S(C)(=O)=O. The van der Waals surface area contributed by atoms with E-state index in [-0.39, 0.29) is 0 Å². The van der Waals surface area contributed by atoms with E-state index >= 15 is 0 Å². The van der Waals surface area contributed by atoms with Gasteiger partial charge in [0.05, 0.1) is 17.5 Å². The first kappa shape index (κ1) is 26.2. The van der Waals surface area contributed by atoms with Gasteiger partial charge >= 0.3 is 0 Å². The van der Waals surface area contributed by atoms with Crippen molar-refractivity contribution in [2.75, 3.05) is 22.4 Å². The number of imidazole rings is 1. The molecule has 0 radical (unpaired) electrons. The molecule has 1 saturated carbocycles. The Labute approximate surface area is 235 Å². The van der Waals surface area contributed by atoms with Crippen molar-refractivity contribution >= 4 is 38.1 Å². The van der Waals surface area contributed by atoms with Crippen molar-refractivity contribution in [1.82, 2.24) is 9.97 Å². The number of hydrogen-bond donors (Lipinski definition) is 2. The number of aromatic amines is 1. The first-order valence-corrected chi connectivity index (χ1v) is 15.6. The van der Waals surface area contributed by atoms with E-state index in [0.29, 0.717) is 29.7 Å². The summed E-state index contributed by atoms with van der Waals surface area (Å²) in [6, 6.07) is 22.2. The number of H-pyrrole nitrogens is 1. The summed E-state index contributed by atoms with van der Waals surface area (Å²) in [6.45, 7) is 4.66. The summed E-state index contributed by atoms with van der Waals surface area (Å²) in [6.07, 6.45) is 7.71. The van der Waals surface area contributed by atoms with Crippen LogP contribution in [0.4, 0.5) is 17.1 Å². The number of rotatable bonds is 10. The lowest BCUT2D eigenvalue weighted by Crippen LogP contribution is -2.32. The lowest BCUT2D eigenvalue weighted by Gasteiger charge is -2.26. The van der Waals surface area contributed by atoms with Crippen molar-refractivity contribution in [3.8, 4) is 22.7 Å². The molecule has 0 unspecified atom stereocenters. The molecule has 1 aliphatic rings. The van der Waals surface area contributed by atoms with E-state index in [1.54, 1.807) is 16.7 Å². The second kappa shape index (κ2) is 10.5. The zero-order chi connectivity index (χ0) is 27.9. The van der Waals surface area contributed by atoms with Crippen molar-refractivity contribution in [1.29, 1.82) is 0 Å². The highest BCUT2D eigenvalue weighted by atomic mass is 32.2. The van der Waals surface area contributed by atoms with Crippen LogP contribution in [0, 0.1) is 5.92 Å². The van der Waals surface area contributed by atoms with Crippen LogP contribution in [0.25, 0.3) is 33.7 Å². The van der Waals surface area contributed by atoms with Gasteiger partial charge in [0, 0.05) is 47.3 Å². The Bertz CT molecular complexity index is 1720. The van der Waals surface area contributed by atoms with Gasteiger partial charge in [0.2, 0.25) is 10.0 Å².